The third-order valence-corrected chi connectivity index (χ3v) is 7.28. The van der Waals surface area contributed by atoms with E-state index < -0.39 is 6.10 Å². The van der Waals surface area contributed by atoms with Crippen molar-refractivity contribution in [1.29, 1.82) is 0 Å². The molecule has 42 heavy (non-hydrogen) atoms. The highest BCUT2D eigenvalue weighted by Crippen LogP contribution is 2.23. The van der Waals surface area contributed by atoms with Crippen LogP contribution in [0.2, 0.25) is 0 Å². The molecular formula is C38H39NO3. The van der Waals surface area contributed by atoms with E-state index >= 15 is 0 Å². The minimum atomic E-state index is -0.616. The molecule has 0 aliphatic carbocycles. The van der Waals surface area contributed by atoms with Crippen LogP contribution in [0.25, 0.3) is 0 Å². The zero-order valence-electron chi connectivity index (χ0n) is 24.0. The number of benzene rings is 5. The molecule has 0 aliphatic heterocycles. The number of aliphatic hydroxyl groups is 1. The first-order valence-electron chi connectivity index (χ1n) is 14.7. The quantitative estimate of drug-likeness (QED) is 0.142. The smallest absolute Gasteiger partial charge is 0.120 e. The topological polar surface area (TPSA) is 41.9 Å². The van der Waals surface area contributed by atoms with E-state index in [1.165, 1.54) is 11.1 Å². The second-order valence-corrected chi connectivity index (χ2v) is 10.6. The summed E-state index contributed by atoms with van der Waals surface area (Å²) in [5.74, 6) is 1.65. The van der Waals surface area contributed by atoms with Crippen molar-refractivity contribution < 1.29 is 14.6 Å². The fourth-order valence-corrected chi connectivity index (χ4v) is 4.98. The molecule has 0 radical (unpaired) electrons. The first-order valence-corrected chi connectivity index (χ1v) is 14.7. The molecule has 214 valence electrons. The van der Waals surface area contributed by atoms with E-state index in [1.54, 1.807) is 0 Å². The van der Waals surface area contributed by atoms with Crippen LogP contribution in [0.15, 0.2) is 140 Å². The van der Waals surface area contributed by atoms with Gasteiger partial charge in [-0.15, -0.1) is 0 Å². The zero-order chi connectivity index (χ0) is 28.8. The summed E-state index contributed by atoms with van der Waals surface area (Å²) in [6.45, 7) is 3.28. The Kier molecular flexibility index (Phi) is 10.8. The Morgan fingerprint density at radius 1 is 0.548 bits per heavy atom. The number of rotatable bonds is 15. The van der Waals surface area contributed by atoms with E-state index in [0.717, 1.165) is 54.1 Å². The van der Waals surface area contributed by atoms with Crippen LogP contribution in [0, 0.1) is 0 Å². The third kappa shape index (κ3) is 9.34. The summed E-state index contributed by atoms with van der Waals surface area (Å²) >= 11 is 0. The number of ether oxygens (including phenoxy) is 2. The van der Waals surface area contributed by atoms with Crippen molar-refractivity contribution in [2.45, 2.75) is 38.7 Å². The van der Waals surface area contributed by atoms with E-state index in [2.05, 4.69) is 65.6 Å². The van der Waals surface area contributed by atoms with Gasteiger partial charge in [-0.3, -0.25) is 4.90 Å². The summed E-state index contributed by atoms with van der Waals surface area (Å²) in [6, 6.07) is 47.0. The van der Waals surface area contributed by atoms with Crippen molar-refractivity contribution in [2.24, 2.45) is 0 Å². The molecule has 0 amide bonds. The normalized spacial score (nSPS) is 11.8. The van der Waals surface area contributed by atoms with Crippen molar-refractivity contribution in [1.82, 2.24) is 4.90 Å². The summed E-state index contributed by atoms with van der Waals surface area (Å²) in [5, 5.41) is 11.2. The number of nitrogens with zero attached hydrogens (tertiary/aromatic N) is 1. The van der Waals surface area contributed by atoms with Crippen LogP contribution in [0.3, 0.4) is 0 Å². The highest BCUT2D eigenvalue weighted by Gasteiger charge is 2.15. The van der Waals surface area contributed by atoms with Gasteiger partial charge >= 0.3 is 0 Å². The van der Waals surface area contributed by atoms with Crippen LogP contribution < -0.4 is 9.47 Å². The van der Waals surface area contributed by atoms with Crippen LogP contribution >= 0.6 is 0 Å². The Morgan fingerprint density at radius 2 is 1.12 bits per heavy atom. The largest absolute Gasteiger partial charge is 0.489 e. The molecule has 1 atom stereocenters. The lowest BCUT2D eigenvalue weighted by atomic mass is 10.1. The second kappa shape index (κ2) is 15.6. The maximum atomic E-state index is 11.2. The first kappa shape index (κ1) is 29.1. The predicted octanol–water partition coefficient (Wildman–Crippen LogP) is 8.01. The molecule has 0 aliphatic rings. The first-order chi connectivity index (χ1) is 20.7. The number of aryl methyl sites for hydroxylation is 1. The lowest BCUT2D eigenvalue weighted by Crippen LogP contribution is -2.29. The van der Waals surface area contributed by atoms with Gasteiger partial charge in [-0.2, -0.15) is 0 Å². The average molecular weight is 558 g/mol. The van der Waals surface area contributed by atoms with E-state index in [-0.39, 0.29) is 0 Å². The van der Waals surface area contributed by atoms with Gasteiger partial charge in [0, 0.05) is 13.1 Å². The van der Waals surface area contributed by atoms with Gasteiger partial charge in [-0.25, -0.2) is 0 Å². The molecule has 0 bridgehead atoms. The van der Waals surface area contributed by atoms with Crippen LogP contribution in [0.4, 0.5) is 0 Å². The van der Waals surface area contributed by atoms with E-state index in [1.807, 2.05) is 78.9 Å². The molecule has 0 saturated heterocycles. The molecule has 0 saturated carbocycles. The molecular weight excluding hydrogens is 518 g/mol. The van der Waals surface area contributed by atoms with Crippen molar-refractivity contribution in [3.63, 3.8) is 0 Å². The Hall–Kier alpha value is -4.38. The Balaban J connectivity index is 1.15. The van der Waals surface area contributed by atoms with Crippen LogP contribution in [0.1, 0.15) is 40.3 Å². The van der Waals surface area contributed by atoms with E-state index in [0.29, 0.717) is 19.8 Å². The second-order valence-electron chi connectivity index (χ2n) is 10.6. The van der Waals surface area contributed by atoms with E-state index in [4.69, 9.17) is 9.47 Å². The Bertz CT molecular complexity index is 1460. The van der Waals surface area contributed by atoms with Gasteiger partial charge in [0.2, 0.25) is 0 Å². The van der Waals surface area contributed by atoms with Crippen LogP contribution in [0.5, 0.6) is 11.5 Å². The van der Waals surface area contributed by atoms with Crippen molar-refractivity contribution in [2.75, 3.05) is 13.1 Å². The zero-order valence-corrected chi connectivity index (χ0v) is 24.0. The molecule has 0 heterocycles. The molecule has 5 rings (SSSR count). The number of aliphatic hydroxyl groups excluding tert-OH is 1. The molecule has 5 aromatic rings. The maximum Gasteiger partial charge on any atom is 0.120 e. The summed E-state index contributed by atoms with van der Waals surface area (Å²) in [4.78, 5) is 2.34. The van der Waals surface area contributed by atoms with Crippen molar-refractivity contribution in [3.05, 3.63) is 167 Å². The maximum absolute atomic E-state index is 11.2. The van der Waals surface area contributed by atoms with Gasteiger partial charge in [-0.1, -0.05) is 115 Å². The standard InChI is InChI=1S/C38H39NO3/c40-38(35-19-10-20-37(26-35)42-30-34-16-8-3-9-17-34)28-39(27-32-12-4-1-5-13-32)25-11-18-31-21-23-36(24-22-31)41-29-33-14-6-2-7-15-33/h1-10,12-17,19-24,26,38,40H,11,18,25,27-30H2. The van der Waals surface area contributed by atoms with Gasteiger partial charge in [0.15, 0.2) is 0 Å². The highest BCUT2D eigenvalue weighted by atomic mass is 16.5. The van der Waals surface area contributed by atoms with E-state index in [9.17, 15) is 5.11 Å². The predicted molar refractivity (Wildman–Crippen MR) is 169 cm³/mol. The molecule has 4 nitrogen and oxygen atoms in total. The molecule has 0 fully saturated rings. The highest BCUT2D eigenvalue weighted by molar-refractivity contribution is 5.31. The fraction of sp³-hybridized carbons (Fsp3) is 0.211. The molecule has 4 heteroatoms. The summed E-state index contributed by atoms with van der Waals surface area (Å²) < 4.78 is 12.0. The van der Waals surface area contributed by atoms with Gasteiger partial charge in [-0.05, 0) is 71.5 Å². The minimum absolute atomic E-state index is 0.501. The molecule has 1 N–H and O–H groups in total. The van der Waals surface area contributed by atoms with Gasteiger partial charge in [0.1, 0.15) is 24.7 Å². The summed E-state index contributed by atoms with van der Waals surface area (Å²) in [7, 11) is 0. The Morgan fingerprint density at radius 3 is 1.74 bits per heavy atom. The minimum Gasteiger partial charge on any atom is -0.489 e. The molecule has 1 unspecified atom stereocenters. The van der Waals surface area contributed by atoms with Gasteiger partial charge in [0.05, 0.1) is 6.10 Å². The monoisotopic (exact) mass is 557 g/mol. The fourth-order valence-electron chi connectivity index (χ4n) is 4.98. The SMILES string of the molecule is OC(CN(CCCc1ccc(OCc2ccccc2)cc1)Cc1ccccc1)c1cccc(OCc2ccccc2)c1. The molecule has 5 aromatic carbocycles. The van der Waals surface area contributed by atoms with Crippen molar-refractivity contribution in [3.8, 4) is 11.5 Å². The third-order valence-electron chi connectivity index (χ3n) is 7.28. The molecule has 0 aromatic heterocycles. The lowest BCUT2D eigenvalue weighted by Gasteiger charge is -2.26. The Labute approximate surface area is 249 Å². The van der Waals surface area contributed by atoms with Crippen molar-refractivity contribution >= 4 is 0 Å². The van der Waals surface area contributed by atoms with Gasteiger partial charge in [0.25, 0.3) is 0 Å². The number of hydrogen-bond acceptors (Lipinski definition) is 4. The van der Waals surface area contributed by atoms with Crippen LogP contribution in [-0.2, 0) is 26.2 Å². The van der Waals surface area contributed by atoms with Gasteiger partial charge < -0.3 is 14.6 Å². The number of hydrogen-bond donors (Lipinski definition) is 1. The summed E-state index contributed by atoms with van der Waals surface area (Å²) in [5.41, 5.74) is 5.67. The molecule has 0 spiro atoms. The lowest BCUT2D eigenvalue weighted by molar-refractivity contribution is 0.108. The summed E-state index contributed by atoms with van der Waals surface area (Å²) in [6.07, 6.45) is 1.34. The van der Waals surface area contributed by atoms with Crippen LogP contribution in [-0.4, -0.2) is 23.1 Å². The average Bonchev–Trinajstić information content (AvgIpc) is 3.05.